The van der Waals surface area contributed by atoms with Crippen molar-refractivity contribution in [3.05, 3.63) is 101 Å². The van der Waals surface area contributed by atoms with E-state index in [-0.39, 0.29) is 40.8 Å². The Kier molecular flexibility index (Phi) is 7.99. The summed E-state index contributed by atoms with van der Waals surface area (Å²) in [6.45, 7) is -1.15. The van der Waals surface area contributed by atoms with E-state index in [2.05, 4.69) is 4.74 Å². The lowest BCUT2D eigenvalue weighted by molar-refractivity contribution is -0.392. The number of sulfone groups is 1. The van der Waals surface area contributed by atoms with Crippen LogP contribution >= 0.6 is 0 Å². The highest BCUT2D eigenvalue weighted by molar-refractivity contribution is 7.92. The van der Waals surface area contributed by atoms with E-state index in [1.54, 1.807) is 6.07 Å². The molecule has 0 saturated heterocycles. The lowest BCUT2D eigenvalue weighted by Gasteiger charge is -2.38. The Labute approximate surface area is 230 Å². The molecule has 0 unspecified atom stereocenters. The summed E-state index contributed by atoms with van der Waals surface area (Å²) in [4.78, 5) is -0.320. The van der Waals surface area contributed by atoms with Crippen molar-refractivity contribution in [2.24, 2.45) is 0 Å². The van der Waals surface area contributed by atoms with Crippen molar-refractivity contribution in [2.75, 3.05) is 0 Å². The van der Waals surface area contributed by atoms with Crippen LogP contribution in [0.1, 0.15) is 41.5 Å². The van der Waals surface area contributed by atoms with E-state index in [9.17, 15) is 44.3 Å². The van der Waals surface area contributed by atoms with Crippen LogP contribution in [0, 0.1) is 17.1 Å². The smallest absolute Gasteiger partial charge is 0.393 e. The van der Waals surface area contributed by atoms with Crippen molar-refractivity contribution in [1.29, 1.82) is 5.26 Å². The van der Waals surface area contributed by atoms with Gasteiger partial charge in [0.2, 0.25) is 0 Å². The van der Waals surface area contributed by atoms with E-state index in [1.807, 2.05) is 0 Å². The molecule has 4 rings (SSSR count). The molecular formula is C28H22F7NO4S. The highest BCUT2D eigenvalue weighted by atomic mass is 32.2. The molecule has 0 bridgehead atoms. The third kappa shape index (κ3) is 5.31. The summed E-state index contributed by atoms with van der Waals surface area (Å²) < 4.78 is 129. The maximum Gasteiger partial charge on any atom is 0.430 e. The van der Waals surface area contributed by atoms with E-state index in [4.69, 9.17) is 5.26 Å². The molecule has 0 heterocycles. The molecule has 1 saturated carbocycles. The first kappa shape index (κ1) is 30.5. The number of hydrogen-bond donors (Lipinski definition) is 1. The van der Waals surface area contributed by atoms with Crippen LogP contribution in [0.5, 0.6) is 0 Å². The van der Waals surface area contributed by atoms with Gasteiger partial charge in [0.25, 0.3) is 5.60 Å². The maximum absolute atomic E-state index is 14.3. The van der Waals surface area contributed by atoms with Gasteiger partial charge in [-0.1, -0.05) is 36.4 Å². The van der Waals surface area contributed by atoms with E-state index in [0.29, 0.717) is 12.1 Å². The summed E-state index contributed by atoms with van der Waals surface area (Å²) in [6.07, 6.45) is -13.7. The molecule has 218 valence electrons. The Balaban J connectivity index is 1.81. The first-order chi connectivity index (χ1) is 19.1. The molecule has 1 fully saturated rings. The monoisotopic (exact) mass is 601 g/mol. The molecule has 0 aromatic heterocycles. The number of alkyl halides is 6. The first-order valence-corrected chi connectivity index (χ1v) is 13.6. The molecule has 1 aliphatic rings. The predicted octanol–water partition coefficient (Wildman–Crippen LogP) is 6.45. The zero-order chi connectivity index (χ0) is 30.3. The Morgan fingerprint density at radius 3 is 2.07 bits per heavy atom. The summed E-state index contributed by atoms with van der Waals surface area (Å²) in [7, 11) is -4.39. The third-order valence-electron chi connectivity index (χ3n) is 7.21. The number of benzene rings is 3. The van der Waals surface area contributed by atoms with Gasteiger partial charge < -0.3 is 9.84 Å². The molecule has 0 radical (unpaired) electrons. The Morgan fingerprint density at radius 2 is 1.56 bits per heavy atom. The fourth-order valence-electron chi connectivity index (χ4n) is 5.15. The number of nitriles is 1. The zero-order valence-corrected chi connectivity index (χ0v) is 21.8. The van der Waals surface area contributed by atoms with Gasteiger partial charge in [-0.05, 0) is 66.8 Å². The van der Waals surface area contributed by atoms with Gasteiger partial charge in [0.1, 0.15) is 10.6 Å². The normalized spacial score (nSPS) is 20.1. The standard InChI is InChI=1S/C28H22F7NO4S/c29-22-8-10-24(11-9-22)41(38,39)25(13-12-23(37)15-25)20-4-6-21(7-5-20)26(27(30,31)32,28(33,34)35)40-17-19-3-1-2-18(14-19)16-36/h1-11,14,23,37H,12-13,15,17H2/t23-,25-/m0/s1. The fraction of sp³-hybridized carbons (Fsp3) is 0.321. The van der Waals surface area contributed by atoms with Crippen LogP contribution in [0.2, 0.25) is 0 Å². The molecule has 13 heteroatoms. The minimum atomic E-state index is -6.00. The highest BCUT2D eigenvalue weighted by Crippen LogP contribution is 2.54. The largest absolute Gasteiger partial charge is 0.430 e. The van der Waals surface area contributed by atoms with E-state index >= 15 is 0 Å². The lowest BCUT2D eigenvalue weighted by atomic mass is 9.88. The SMILES string of the molecule is N#Cc1cccc(COC(c2ccc([C@]3(S(=O)(=O)c4ccc(F)cc4)CC[C@H](O)C3)cc2)(C(F)(F)F)C(F)(F)F)c1. The van der Waals surface area contributed by atoms with Crippen LogP contribution in [0.15, 0.2) is 77.7 Å². The zero-order valence-electron chi connectivity index (χ0n) is 21.0. The Hall–Kier alpha value is -3.47. The average molecular weight is 602 g/mol. The van der Waals surface area contributed by atoms with Gasteiger partial charge >= 0.3 is 12.4 Å². The van der Waals surface area contributed by atoms with Gasteiger partial charge in [-0.2, -0.15) is 31.6 Å². The highest BCUT2D eigenvalue weighted by Gasteiger charge is 2.73. The van der Waals surface area contributed by atoms with Gasteiger partial charge in [-0.25, -0.2) is 12.8 Å². The van der Waals surface area contributed by atoms with Crippen LogP contribution < -0.4 is 0 Å². The van der Waals surface area contributed by atoms with Crippen molar-refractivity contribution in [3.63, 3.8) is 0 Å². The second kappa shape index (κ2) is 10.7. The number of aliphatic hydroxyl groups is 1. The van der Waals surface area contributed by atoms with Crippen molar-refractivity contribution < 1.29 is 49.0 Å². The first-order valence-electron chi connectivity index (χ1n) is 12.1. The van der Waals surface area contributed by atoms with Gasteiger partial charge in [0.15, 0.2) is 9.84 Å². The molecule has 1 aliphatic carbocycles. The van der Waals surface area contributed by atoms with E-state index in [1.165, 1.54) is 18.2 Å². The molecule has 0 spiro atoms. The van der Waals surface area contributed by atoms with Gasteiger partial charge in [-0.15, -0.1) is 0 Å². The topological polar surface area (TPSA) is 87.4 Å². The minimum Gasteiger partial charge on any atom is -0.393 e. The van der Waals surface area contributed by atoms with Gasteiger partial charge in [-0.3, -0.25) is 0 Å². The van der Waals surface area contributed by atoms with Crippen molar-refractivity contribution in [2.45, 2.75) is 59.6 Å². The summed E-state index contributed by atoms with van der Waals surface area (Å²) in [5.41, 5.74) is -6.37. The summed E-state index contributed by atoms with van der Waals surface area (Å²) >= 11 is 0. The third-order valence-corrected chi connectivity index (χ3v) is 9.74. The minimum absolute atomic E-state index is 0.00207. The molecule has 41 heavy (non-hydrogen) atoms. The number of halogens is 7. The molecule has 5 nitrogen and oxygen atoms in total. The van der Waals surface area contributed by atoms with Crippen LogP contribution in [0.4, 0.5) is 30.7 Å². The summed E-state index contributed by atoms with van der Waals surface area (Å²) in [6, 6.07) is 13.2. The molecule has 3 aromatic rings. The second-order valence-electron chi connectivity index (χ2n) is 9.70. The molecule has 0 aliphatic heterocycles. The van der Waals surface area contributed by atoms with Gasteiger partial charge in [0.05, 0.1) is 29.2 Å². The Morgan fingerprint density at radius 1 is 0.951 bits per heavy atom. The van der Waals surface area contributed by atoms with Crippen molar-refractivity contribution >= 4 is 9.84 Å². The van der Waals surface area contributed by atoms with Crippen molar-refractivity contribution in [1.82, 2.24) is 0 Å². The number of aliphatic hydroxyl groups excluding tert-OH is 1. The quantitative estimate of drug-likeness (QED) is 0.249. The van der Waals surface area contributed by atoms with Crippen molar-refractivity contribution in [3.8, 4) is 6.07 Å². The molecule has 2 atom stereocenters. The second-order valence-corrected chi connectivity index (χ2v) is 12.0. The average Bonchev–Trinajstić information content (AvgIpc) is 3.31. The van der Waals surface area contributed by atoms with Gasteiger partial charge in [0, 0.05) is 5.56 Å². The van der Waals surface area contributed by atoms with E-state index < -0.39 is 56.6 Å². The molecule has 0 amide bonds. The number of ether oxygens (including phenoxy) is 1. The van der Waals surface area contributed by atoms with Crippen LogP contribution in [-0.4, -0.2) is 32.0 Å². The number of hydrogen-bond acceptors (Lipinski definition) is 5. The maximum atomic E-state index is 14.3. The predicted molar refractivity (Wildman–Crippen MR) is 131 cm³/mol. The summed E-state index contributed by atoms with van der Waals surface area (Å²) in [5, 5.41) is 19.2. The molecular weight excluding hydrogens is 579 g/mol. The van der Waals surface area contributed by atoms with Crippen LogP contribution in [0.25, 0.3) is 0 Å². The number of nitrogens with zero attached hydrogens (tertiary/aromatic N) is 1. The Bertz CT molecular complexity index is 1530. The lowest BCUT2D eigenvalue weighted by Crippen LogP contribution is -2.55. The molecule has 1 N–H and O–H groups in total. The number of rotatable bonds is 7. The van der Waals surface area contributed by atoms with Crippen LogP contribution in [-0.2, 0) is 31.5 Å². The molecule has 3 aromatic carbocycles. The van der Waals surface area contributed by atoms with E-state index in [0.717, 1.165) is 42.5 Å². The fourth-order valence-corrected chi connectivity index (χ4v) is 7.34. The van der Waals surface area contributed by atoms with Crippen LogP contribution in [0.3, 0.4) is 0 Å². The summed E-state index contributed by atoms with van der Waals surface area (Å²) in [5.74, 6) is -0.719.